The number of quaternary nitrogens is 1. The van der Waals surface area contributed by atoms with E-state index in [1.165, 1.54) is 4.90 Å². The first-order chi connectivity index (χ1) is 16.6. The summed E-state index contributed by atoms with van der Waals surface area (Å²) < 4.78 is 5.57. The molecule has 0 fully saturated rings. The molecule has 0 atom stereocenters. The number of carbonyl (C=O) groups excluding carboxylic acids is 1. The fourth-order valence-electron chi connectivity index (χ4n) is 3.95. The molecule has 4 rings (SSSR count). The van der Waals surface area contributed by atoms with Gasteiger partial charge in [-0.3, -0.25) is 4.79 Å². The Bertz CT molecular complexity index is 1190. The lowest BCUT2D eigenvalue weighted by atomic mass is 9.86. The molecule has 4 heteroatoms. The predicted octanol–water partition coefficient (Wildman–Crippen LogP) is 2.14. The molecule has 4 aromatic rings. The molecule has 4 aromatic carbocycles. The Morgan fingerprint density at radius 2 is 0.971 bits per heavy atom. The van der Waals surface area contributed by atoms with Crippen LogP contribution in [-0.4, -0.2) is 26.6 Å². The van der Waals surface area contributed by atoms with Crippen molar-refractivity contribution in [3.8, 4) is 5.75 Å². The minimum atomic E-state index is -0.206. The molecule has 178 valence electrons. The van der Waals surface area contributed by atoms with Gasteiger partial charge in [-0.05, 0) is 45.5 Å². The predicted molar refractivity (Wildman–Crippen MR) is 139 cm³/mol. The minimum Gasteiger partial charge on any atom is -1.00 e. The van der Waals surface area contributed by atoms with Gasteiger partial charge in [0.05, 0.1) is 27.1 Å². The van der Waals surface area contributed by atoms with E-state index in [-0.39, 0.29) is 18.4 Å². The van der Waals surface area contributed by atoms with Gasteiger partial charge in [0.2, 0.25) is 0 Å². The molecule has 0 aliphatic carbocycles. The van der Waals surface area contributed by atoms with Crippen molar-refractivity contribution in [2.75, 3.05) is 20.6 Å². The number of esters is 1. The molecular formula is C31H30ClNO2. The Kier molecular flexibility index (Phi) is 9.42. The minimum absolute atomic E-state index is 0. The van der Waals surface area contributed by atoms with Gasteiger partial charge in [-0.15, -0.1) is 0 Å². The third kappa shape index (κ3) is 6.92. The Morgan fingerprint density at radius 3 is 1.34 bits per heavy atom. The van der Waals surface area contributed by atoms with E-state index in [2.05, 4.69) is 72.8 Å². The van der Waals surface area contributed by atoms with E-state index >= 15 is 0 Å². The summed E-state index contributed by atoms with van der Waals surface area (Å²) in [6, 6.07) is 39.2. The van der Waals surface area contributed by atoms with Crippen molar-refractivity contribution in [3.63, 3.8) is 0 Å². The average Bonchev–Trinajstić information content (AvgIpc) is 2.88. The number of hydrogen-bond donors (Lipinski definition) is 1. The Labute approximate surface area is 214 Å². The van der Waals surface area contributed by atoms with E-state index in [1.54, 1.807) is 0 Å². The van der Waals surface area contributed by atoms with Crippen LogP contribution in [0.4, 0.5) is 0 Å². The first kappa shape index (κ1) is 26.0. The van der Waals surface area contributed by atoms with Gasteiger partial charge in [-0.2, -0.15) is 0 Å². The average molecular weight is 484 g/mol. The van der Waals surface area contributed by atoms with Crippen LogP contribution in [0.15, 0.2) is 115 Å². The van der Waals surface area contributed by atoms with Crippen LogP contribution in [-0.2, 0) is 4.79 Å². The van der Waals surface area contributed by atoms with Crippen molar-refractivity contribution < 1.29 is 26.8 Å². The van der Waals surface area contributed by atoms with Gasteiger partial charge >= 0.3 is 5.97 Å². The van der Waals surface area contributed by atoms with Crippen LogP contribution in [0.2, 0.25) is 0 Å². The van der Waals surface area contributed by atoms with Crippen molar-refractivity contribution in [2.24, 2.45) is 0 Å². The lowest BCUT2D eigenvalue weighted by Gasteiger charge is -2.18. The van der Waals surface area contributed by atoms with E-state index in [4.69, 9.17) is 4.74 Å². The molecule has 35 heavy (non-hydrogen) atoms. The summed E-state index contributed by atoms with van der Waals surface area (Å²) in [6.07, 6.45) is 0.394. The van der Waals surface area contributed by atoms with Gasteiger partial charge in [-0.1, -0.05) is 103 Å². The molecule has 0 saturated heterocycles. The van der Waals surface area contributed by atoms with E-state index in [0.29, 0.717) is 12.2 Å². The highest BCUT2D eigenvalue weighted by Gasteiger charge is 2.16. The first-order valence-corrected chi connectivity index (χ1v) is 11.6. The summed E-state index contributed by atoms with van der Waals surface area (Å²) >= 11 is 0. The van der Waals surface area contributed by atoms with Crippen molar-refractivity contribution in [2.45, 2.75) is 6.42 Å². The molecule has 0 amide bonds. The molecule has 0 aromatic heterocycles. The fourth-order valence-corrected chi connectivity index (χ4v) is 3.95. The zero-order chi connectivity index (χ0) is 23.8. The molecule has 0 spiro atoms. The van der Waals surface area contributed by atoms with Crippen LogP contribution < -0.4 is 22.0 Å². The second-order valence-electron chi connectivity index (χ2n) is 8.55. The van der Waals surface area contributed by atoms with Crippen molar-refractivity contribution in [1.82, 2.24) is 0 Å². The van der Waals surface area contributed by atoms with Gasteiger partial charge < -0.3 is 22.0 Å². The van der Waals surface area contributed by atoms with E-state index < -0.39 is 0 Å². The van der Waals surface area contributed by atoms with E-state index in [0.717, 1.165) is 39.9 Å². The second kappa shape index (κ2) is 12.7. The van der Waals surface area contributed by atoms with Gasteiger partial charge in [0, 0.05) is 0 Å². The maximum atomic E-state index is 12.2. The number of benzene rings is 4. The van der Waals surface area contributed by atoms with Crippen LogP contribution >= 0.6 is 0 Å². The molecular weight excluding hydrogens is 454 g/mol. The summed E-state index contributed by atoms with van der Waals surface area (Å²) in [6.45, 7) is 0.745. The number of nitrogens with one attached hydrogen (secondary N) is 1. The van der Waals surface area contributed by atoms with Gasteiger partial charge in [0.1, 0.15) is 5.75 Å². The Morgan fingerprint density at radius 1 is 0.600 bits per heavy atom. The highest BCUT2D eigenvalue weighted by molar-refractivity contribution is 6.04. The second-order valence-corrected chi connectivity index (χ2v) is 8.55. The SMILES string of the molecule is C[NH+](C)CCC(=O)Oc1ccc(C(=C(c2ccccc2)c2ccccc2)c2ccccc2)cc1.[Cl-]. The van der Waals surface area contributed by atoms with Gasteiger partial charge in [0.25, 0.3) is 0 Å². The van der Waals surface area contributed by atoms with Crippen LogP contribution in [0.25, 0.3) is 11.1 Å². The summed E-state index contributed by atoms with van der Waals surface area (Å²) in [7, 11) is 4.05. The zero-order valence-electron chi connectivity index (χ0n) is 20.1. The normalized spacial score (nSPS) is 10.4. The lowest BCUT2D eigenvalue weighted by Crippen LogP contribution is -3.05. The lowest BCUT2D eigenvalue weighted by molar-refractivity contribution is -0.857. The largest absolute Gasteiger partial charge is 1.00 e. The van der Waals surface area contributed by atoms with Crippen LogP contribution in [0.5, 0.6) is 5.75 Å². The van der Waals surface area contributed by atoms with Crippen LogP contribution in [0.1, 0.15) is 28.7 Å². The number of hydrogen-bond acceptors (Lipinski definition) is 2. The molecule has 0 unspecified atom stereocenters. The molecule has 3 nitrogen and oxygen atoms in total. The smallest absolute Gasteiger partial charge is 0.316 e. The van der Waals surface area contributed by atoms with Crippen LogP contribution in [0, 0.1) is 0 Å². The number of halogens is 1. The molecule has 1 N–H and O–H groups in total. The third-order valence-corrected chi connectivity index (χ3v) is 5.64. The molecule has 0 bridgehead atoms. The maximum absolute atomic E-state index is 12.2. The quantitative estimate of drug-likeness (QED) is 0.236. The summed E-state index contributed by atoms with van der Waals surface area (Å²) in [5, 5.41) is 0. The number of rotatable bonds is 8. The highest BCUT2D eigenvalue weighted by atomic mass is 35.5. The first-order valence-electron chi connectivity index (χ1n) is 11.6. The molecule has 0 heterocycles. The number of carbonyl (C=O) groups is 1. The summed E-state index contributed by atoms with van der Waals surface area (Å²) in [5.41, 5.74) is 6.78. The molecule has 0 radical (unpaired) electrons. The third-order valence-electron chi connectivity index (χ3n) is 5.64. The van der Waals surface area contributed by atoms with E-state index in [1.807, 2.05) is 56.6 Å². The summed E-state index contributed by atoms with van der Waals surface area (Å²) in [5.74, 6) is 0.359. The standard InChI is InChI=1S/C31H29NO2.ClH/c1-32(2)23-22-29(33)34-28-20-18-27(19-21-28)31(26-16-10-5-11-17-26)30(24-12-6-3-7-13-24)25-14-8-4-9-15-25;/h3-21H,22-23H2,1-2H3;1H. The monoisotopic (exact) mass is 483 g/mol. The Balaban J connectivity index is 0.00000342. The van der Waals surface area contributed by atoms with E-state index in [9.17, 15) is 4.79 Å². The highest BCUT2D eigenvalue weighted by Crippen LogP contribution is 2.37. The molecule has 0 aliphatic heterocycles. The topological polar surface area (TPSA) is 30.7 Å². The fraction of sp³-hybridized carbons (Fsp3) is 0.129. The zero-order valence-corrected chi connectivity index (χ0v) is 20.8. The maximum Gasteiger partial charge on any atom is 0.316 e. The molecule has 0 aliphatic rings. The molecule has 0 saturated carbocycles. The summed E-state index contributed by atoms with van der Waals surface area (Å²) in [4.78, 5) is 13.4. The van der Waals surface area contributed by atoms with Crippen molar-refractivity contribution in [1.29, 1.82) is 0 Å². The number of ether oxygens (including phenoxy) is 1. The van der Waals surface area contributed by atoms with Crippen molar-refractivity contribution >= 4 is 17.1 Å². The van der Waals surface area contributed by atoms with Crippen molar-refractivity contribution in [3.05, 3.63) is 138 Å². The van der Waals surface area contributed by atoms with Gasteiger partial charge in [0.15, 0.2) is 0 Å². The van der Waals surface area contributed by atoms with Crippen LogP contribution in [0.3, 0.4) is 0 Å². The Hall–Kier alpha value is -3.66. The van der Waals surface area contributed by atoms with Gasteiger partial charge in [-0.25, -0.2) is 0 Å².